The zero-order valence-electron chi connectivity index (χ0n) is 11.3. The number of para-hydroxylation sites is 1. The van der Waals surface area contributed by atoms with Gasteiger partial charge in [-0.25, -0.2) is 0 Å². The Morgan fingerprint density at radius 3 is 2.29 bits per heavy atom. The molecule has 0 amide bonds. The number of carbonyl (C=O) groups excluding carboxylic acids is 1. The molecule has 0 aliphatic rings. The highest BCUT2D eigenvalue weighted by molar-refractivity contribution is 8.05. The summed E-state index contributed by atoms with van der Waals surface area (Å²) in [7, 11) is -6.32. The summed E-state index contributed by atoms with van der Waals surface area (Å²) >= 11 is -4.17. The van der Waals surface area contributed by atoms with E-state index in [-0.39, 0.29) is 9.64 Å². The van der Waals surface area contributed by atoms with Crippen LogP contribution >= 0.6 is 0 Å². The number of aromatic nitrogens is 1. The average Bonchev–Trinajstić information content (AvgIpc) is 2.88. The SMILES string of the molecule is O=C(n1ccc2ccccc21)C(F)(F)[S+]([O-])NS(=O)(=O)C(F)(F)F. The fourth-order valence-corrected chi connectivity index (χ4v) is 3.53. The quantitative estimate of drug-likeness (QED) is 0.638. The van der Waals surface area contributed by atoms with Gasteiger partial charge in [0.1, 0.15) is 11.4 Å². The molecule has 1 aromatic heterocycles. The Morgan fingerprint density at radius 2 is 1.71 bits per heavy atom. The van der Waals surface area contributed by atoms with Gasteiger partial charge < -0.3 is 4.55 Å². The van der Waals surface area contributed by atoms with Crippen LogP contribution in [0.2, 0.25) is 0 Å². The first-order valence-electron chi connectivity index (χ1n) is 5.87. The van der Waals surface area contributed by atoms with E-state index in [4.69, 9.17) is 0 Å². The van der Waals surface area contributed by atoms with Gasteiger partial charge >= 0.3 is 26.7 Å². The molecule has 1 unspecified atom stereocenters. The van der Waals surface area contributed by atoms with Crippen LogP contribution in [0.3, 0.4) is 0 Å². The molecule has 0 bridgehead atoms. The summed E-state index contributed by atoms with van der Waals surface area (Å²) in [4.78, 5) is 11.8. The van der Waals surface area contributed by atoms with E-state index in [1.165, 1.54) is 24.3 Å². The lowest BCUT2D eigenvalue weighted by Gasteiger charge is -2.19. The third-order valence-corrected chi connectivity index (χ3v) is 5.52. The number of fused-ring (bicyclic) bond motifs is 1. The van der Waals surface area contributed by atoms with Crippen molar-refractivity contribution >= 4 is 38.2 Å². The van der Waals surface area contributed by atoms with Gasteiger partial charge in [0.05, 0.1) is 5.52 Å². The molecular weight excluding hydrogens is 383 g/mol. The molecule has 1 N–H and O–H groups in total. The van der Waals surface area contributed by atoms with Crippen molar-refractivity contribution in [1.29, 1.82) is 0 Å². The number of alkyl halides is 5. The molecule has 0 aliphatic heterocycles. The predicted molar refractivity (Wildman–Crippen MR) is 73.8 cm³/mol. The summed E-state index contributed by atoms with van der Waals surface area (Å²) in [6.45, 7) is 0. The highest BCUT2D eigenvalue weighted by atomic mass is 32.3. The first kappa shape index (κ1) is 18.6. The lowest BCUT2D eigenvalue weighted by Crippen LogP contribution is -2.51. The Morgan fingerprint density at radius 1 is 1.12 bits per heavy atom. The van der Waals surface area contributed by atoms with Gasteiger partial charge in [0.25, 0.3) is 0 Å². The number of halogens is 5. The normalized spacial score (nSPS) is 14.8. The van der Waals surface area contributed by atoms with E-state index in [1.807, 2.05) is 0 Å². The van der Waals surface area contributed by atoms with Gasteiger partial charge in [-0.3, -0.25) is 9.36 Å². The molecule has 24 heavy (non-hydrogen) atoms. The zero-order valence-corrected chi connectivity index (χ0v) is 12.9. The van der Waals surface area contributed by atoms with Crippen molar-refractivity contribution in [3.8, 4) is 0 Å². The van der Waals surface area contributed by atoms with E-state index in [0.717, 1.165) is 6.20 Å². The molecule has 2 aromatic rings. The van der Waals surface area contributed by atoms with Crippen LogP contribution in [0.4, 0.5) is 22.0 Å². The lowest BCUT2D eigenvalue weighted by atomic mass is 10.2. The number of nitrogens with one attached hydrogen (secondary N) is 1. The van der Waals surface area contributed by atoms with Crippen molar-refractivity contribution in [3.05, 3.63) is 36.5 Å². The number of sulfonamides is 1. The van der Waals surface area contributed by atoms with Gasteiger partial charge in [0.2, 0.25) is 0 Å². The molecule has 1 atom stereocenters. The third kappa shape index (κ3) is 3.24. The molecule has 6 nitrogen and oxygen atoms in total. The van der Waals surface area contributed by atoms with E-state index in [9.17, 15) is 39.7 Å². The van der Waals surface area contributed by atoms with Crippen LogP contribution in [0.15, 0.2) is 36.5 Å². The number of rotatable bonds is 4. The van der Waals surface area contributed by atoms with Crippen molar-refractivity contribution in [2.45, 2.75) is 10.8 Å². The Bertz CT molecular complexity index is 878. The van der Waals surface area contributed by atoms with E-state index in [1.54, 1.807) is 6.07 Å². The number of carbonyl (C=O) groups is 1. The second-order valence-corrected chi connectivity index (χ2v) is 7.55. The molecule has 0 fully saturated rings. The van der Waals surface area contributed by atoms with Crippen molar-refractivity contribution in [2.75, 3.05) is 0 Å². The molecule has 132 valence electrons. The number of hydrogen-bond donors (Lipinski definition) is 1. The van der Waals surface area contributed by atoms with E-state index < -0.39 is 38.1 Å². The fourth-order valence-electron chi connectivity index (χ4n) is 1.68. The van der Waals surface area contributed by atoms with Gasteiger partial charge in [-0.2, -0.15) is 21.6 Å². The Hall–Kier alpha value is -1.70. The maximum absolute atomic E-state index is 13.9. The van der Waals surface area contributed by atoms with E-state index in [0.29, 0.717) is 9.95 Å². The molecule has 0 saturated heterocycles. The number of hydrogen-bond acceptors (Lipinski definition) is 4. The fraction of sp³-hybridized carbons (Fsp3) is 0.182. The van der Waals surface area contributed by atoms with Gasteiger partial charge in [-0.05, 0) is 16.3 Å². The molecule has 0 saturated carbocycles. The van der Waals surface area contributed by atoms with Crippen LogP contribution in [0, 0.1) is 0 Å². The van der Waals surface area contributed by atoms with Crippen LogP contribution in [-0.4, -0.2) is 34.2 Å². The van der Waals surface area contributed by atoms with Crippen LogP contribution in [0.5, 0.6) is 0 Å². The minimum Gasteiger partial charge on any atom is -0.592 e. The Kier molecular flexibility index (Phi) is 4.65. The van der Waals surface area contributed by atoms with Gasteiger partial charge in [0, 0.05) is 11.6 Å². The summed E-state index contributed by atoms with van der Waals surface area (Å²) in [5.74, 6) is -2.15. The van der Waals surface area contributed by atoms with Crippen LogP contribution in [0.1, 0.15) is 4.79 Å². The lowest BCUT2D eigenvalue weighted by molar-refractivity contribution is -0.0442. The predicted octanol–water partition coefficient (Wildman–Crippen LogP) is 1.98. The van der Waals surface area contributed by atoms with Crippen LogP contribution < -0.4 is 4.13 Å². The molecule has 1 heterocycles. The molecule has 13 heteroatoms. The Labute approximate surface area is 134 Å². The van der Waals surface area contributed by atoms with Crippen LogP contribution in [-0.2, 0) is 21.4 Å². The molecule has 0 radical (unpaired) electrons. The minimum atomic E-state index is -6.32. The second-order valence-electron chi connectivity index (χ2n) is 4.37. The number of nitrogens with zero attached hydrogens (tertiary/aromatic N) is 1. The van der Waals surface area contributed by atoms with Crippen molar-refractivity contribution in [1.82, 2.24) is 8.69 Å². The van der Waals surface area contributed by atoms with Crippen molar-refractivity contribution < 1.29 is 39.7 Å². The summed E-state index contributed by atoms with van der Waals surface area (Å²) < 4.78 is 97.6. The first-order chi connectivity index (χ1) is 10.9. The summed E-state index contributed by atoms with van der Waals surface area (Å²) in [6.07, 6.45) is 0.899. The summed E-state index contributed by atoms with van der Waals surface area (Å²) in [5.41, 5.74) is -5.97. The van der Waals surface area contributed by atoms with Gasteiger partial charge in [-0.15, -0.1) is 8.78 Å². The Balaban J connectivity index is 2.34. The maximum atomic E-state index is 13.9. The van der Waals surface area contributed by atoms with Gasteiger partial charge in [0.15, 0.2) is 0 Å². The molecule has 2 rings (SSSR count). The van der Waals surface area contributed by atoms with Gasteiger partial charge in [-0.1, -0.05) is 18.2 Å². The summed E-state index contributed by atoms with van der Waals surface area (Å²) in [6, 6.07) is 6.97. The summed E-state index contributed by atoms with van der Waals surface area (Å²) in [5, 5.41) is -4.57. The highest BCUT2D eigenvalue weighted by Crippen LogP contribution is 2.29. The molecule has 1 aromatic carbocycles. The second kappa shape index (κ2) is 5.98. The topological polar surface area (TPSA) is 91.2 Å². The smallest absolute Gasteiger partial charge is 0.515 e. The average molecular weight is 390 g/mol. The number of benzene rings is 1. The monoisotopic (exact) mass is 390 g/mol. The standard InChI is InChI=1S/C11H7F5N2O4S2/c12-10(13,23(20)17-24(21,22)11(14,15)16)9(19)18-6-5-7-3-1-2-4-8(7)18/h1-6,17H. The van der Waals surface area contributed by atoms with Crippen molar-refractivity contribution in [2.24, 2.45) is 0 Å². The largest absolute Gasteiger partial charge is 0.592 e. The minimum absolute atomic E-state index is 0.0159. The molecule has 0 aliphatic carbocycles. The third-order valence-electron chi connectivity index (χ3n) is 2.79. The zero-order chi connectivity index (χ0) is 18.3. The maximum Gasteiger partial charge on any atom is 0.515 e. The molecular formula is C11H7F5N2O4S2. The molecule has 0 spiro atoms. The van der Waals surface area contributed by atoms with E-state index in [2.05, 4.69) is 0 Å². The van der Waals surface area contributed by atoms with Crippen LogP contribution in [0.25, 0.3) is 10.9 Å². The van der Waals surface area contributed by atoms with E-state index >= 15 is 0 Å². The first-order valence-corrected chi connectivity index (χ1v) is 8.50. The highest BCUT2D eigenvalue weighted by Gasteiger charge is 2.59. The van der Waals surface area contributed by atoms with Crippen molar-refractivity contribution in [3.63, 3.8) is 0 Å².